The average molecular weight is 432 g/mol. The quantitative estimate of drug-likeness (QED) is 0.320. The molecule has 0 aliphatic carbocycles. The number of carbonyl (C=O) groups is 1. The molecule has 0 spiro atoms. The number of thioether (sulfide) groups is 1. The highest BCUT2D eigenvalue weighted by Gasteiger charge is 2.26. The van der Waals surface area contributed by atoms with Crippen molar-refractivity contribution in [2.24, 2.45) is 0 Å². The predicted molar refractivity (Wildman–Crippen MR) is 124 cm³/mol. The predicted octanol–water partition coefficient (Wildman–Crippen LogP) is 5.42. The zero-order chi connectivity index (χ0) is 20.5. The number of carbonyl (C=O) groups excluding carboxylic acids is 1. The first-order chi connectivity index (χ1) is 14.7. The van der Waals surface area contributed by atoms with Crippen LogP contribution in [0.2, 0.25) is 0 Å². The van der Waals surface area contributed by atoms with Gasteiger partial charge in [0.15, 0.2) is 0 Å². The Hall–Kier alpha value is -2.70. The molecular weight excluding hydrogens is 410 g/mol. The normalized spacial score (nSPS) is 14.5. The van der Waals surface area contributed by atoms with E-state index in [1.165, 1.54) is 22.9 Å². The van der Waals surface area contributed by atoms with Gasteiger partial charge in [0, 0.05) is 24.0 Å². The van der Waals surface area contributed by atoms with Crippen molar-refractivity contribution >= 4 is 39.2 Å². The molecule has 2 aromatic heterocycles. The van der Waals surface area contributed by atoms with Gasteiger partial charge in [-0.15, -0.1) is 11.3 Å². The fourth-order valence-corrected chi connectivity index (χ4v) is 5.92. The standard InChI is InChI=1S/C24H21N3OS2/c1-16(24(28)27-12-11-17-7-5-6-10-19(17)13-27)30-23-21-20(18-8-3-2-4-9-18)14-29-22(21)25-15-26-23/h2-10,14-16H,11-13H2,1H3/t16-/m0/s1. The minimum atomic E-state index is -0.211. The third kappa shape index (κ3) is 3.61. The molecule has 150 valence electrons. The molecular formula is C24H21N3OS2. The first kappa shape index (κ1) is 19.3. The first-order valence-electron chi connectivity index (χ1n) is 10.0. The summed E-state index contributed by atoms with van der Waals surface area (Å²) in [5.74, 6) is 0.165. The van der Waals surface area contributed by atoms with Crippen molar-refractivity contribution in [2.75, 3.05) is 6.54 Å². The SMILES string of the molecule is C[C@H](Sc1ncnc2scc(-c3ccccc3)c12)C(=O)N1CCc2ccccc2C1. The summed E-state index contributed by atoms with van der Waals surface area (Å²) >= 11 is 3.15. The fraction of sp³-hybridized carbons (Fsp3) is 0.208. The molecule has 1 atom stereocenters. The summed E-state index contributed by atoms with van der Waals surface area (Å²) < 4.78 is 0. The van der Waals surface area contributed by atoms with Crippen molar-refractivity contribution in [1.29, 1.82) is 0 Å². The number of amides is 1. The zero-order valence-electron chi connectivity index (χ0n) is 16.6. The Kier molecular flexibility index (Phi) is 5.27. The Morgan fingerprint density at radius 2 is 1.83 bits per heavy atom. The van der Waals surface area contributed by atoms with Gasteiger partial charge in [-0.2, -0.15) is 0 Å². The Balaban J connectivity index is 1.41. The van der Waals surface area contributed by atoms with Crippen molar-refractivity contribution in [1.82, 2.24) is 14.9 Å². The van der Waals surface area contributed by atoms with E-state index in [2.05, 4.69) is 45.7 Å². The molecule has 6 heteroatoms. The van der Waals surface area contributed by atoms with Gasteiger partial charge in [-0.3, -0.25) is 4.79 Å². The van der Waals surface area contributed by atoms with E-state index >= 15 is 0 Å². The lowest BCUT2D eigenvalue weighted by Gasteiger charge is -2.30. The van der Waals surface area contributed by atoms with Crippen LogP contribution in [0.15, 0.2) is 71.3 Å². The summed E-state index contributed by atoms with van der Waals surface area (Å²) in [6.07, 6.45) is 2.52. The van der Waals surface area contributed by atoms with E-state index in [1.54, 1.807) is 17.7 Å². The van der Waals surface area contributed by atoms with E-state index in [4.69, 9.17) is 0 Å². The van der Waals surface area contributed by atoms with Crippen molar-refractivity contribution in [3.8, 4) is 11.1 Å². The molecule has 0 saturated heterocycles. The van der Waals surface area contributed by atoms with Crippen LogP contribution in [0.1, 0.15) is 18.1 Å². The minimum Gasteiger partial charge on any atom is -0.337 e. The summed E-state index contributed by atoms with van der Waals surface area (Å²) in [5, 5.41) is 3.84. The molecule has 1 aliphatic rings. The molecule has 0 radical (unpaired) electrons. The van der Waals surface area contributed by atoms with Gasteiger partial charge >= 0.3 is 0 Å². The van der Waals surface area contributed by atoms with Crippen molar-refractivity contribution in [2.45, 2.75) is 30.2 Å². The Morgan fingerprint density at radius 1 is 1.07 bits per heavy atom. The molecule has 5 rings (SSSR count). The lowest BCUT2D eigenvalue weighted by molar-refractivity contribution is -0.131. The maximum atomic E-state index is 13.2. The summed E-state index contributed by atoms with van der Waals surface area (Å²) in [6, 6.07) is 18.7. The molecule has 4 aromatic rings. The van der Waals surface area contributed by atoms with Gasteiger partial charge in [0.05, 0.1) is 10.6 Å². The van der Waals surface area contributed by atoms with Gasteiger partial charge < -0.3 is 4.90 Å². The van der Waals surface area contributed by atoms with E-state index < -0.39 is 0 Å². The third-order valence-corrected chi connectivity index (χ3v) is 7.47. The van der Waals surface area contributed by atoms with Crippen LogP contribution in [0.4, 0.5) is 0 Å². The number of rotatable bonds is 4. The highest BCUT2D eigenvalue weighted by molar-refractivity contribution is 8.00. The number of hydrogen-bond donors (Lipinski definition) is 0. The number of nitrogens with zero attached hydrogens (tertiary/aromatic N) is 3. The van der Waals surface area contributed by atoms with E-state index in [0.717, 1.165) is 39.3 Å². The second-order valence-corrected chi connectivity index (χ2v) is 9.60. The van der Waals surface area contributed by atoms with Gasteiger partial charge in [-0.25, -0.2) is 9.97 Å². The smallest absolute Gasteiger partial charge is 0.236 e. The highest BCUT2D eigenvalue weighted by Crippen LogP contribution is 2.39. The number of benzene rings is 2. The van der Waals surface area contributed by atoms with Gasteiger partial charge in [0.25, 0.3) is 0 Å². The zero-order valence-corrected chi connectivity index (χ0v) is 18.2. The van der Waals surface area contributed by atoms with E-state index in [-0.39, 0.29) is 11.2 Å². The Morgan fingerprint density at radius 3 is 2.67 bits per heavy atom. The summed E-state index contributed by atoms with van der Waals surface area (Å²) in [4.78, 5) is 25.1. The van der Waals surface area contributed by atoms with Crippen LogP contribution in [0.5, 0.6) is 0 Å². The summed E-state index contributed by atoms with van der Waals surface area (Å²) in [6.45, 7) is 3.44. The van der Waals surface area contributed by atoms with Crippen LogP contribution in [0.25, 0.3) is 21.3 Å². The van der Waals surface area contributed by atoms with E-state index in [1.807, 2.05) is 36.1 Å². The molecule has 0 bridgehead atoms. The molecule has 0 N–H and O–H groups in total. The average Bonchev–Trinajstić information content (AvgIpc) is 3.24. The number of fused-ring (bicyclic) bond motifs is 2. The van der Waals surface area contributed by atoms with Crippen molar-refractivity contribution in [3.05, 3.63) is 77.4 Å². The Bertz CT molecular complexity index is 1210. The highest BCUT2D eigenvalue weighted by atomic mass is 32.2. The van der Waals surface area contributed by atoms with Gasteiger partial charge in [-0.05, 0) is 30.0 Å². The maximum Gasteiger partial charge on any atom is 0.236 e. The van der Waals surface area contributed by atoms with E-state index in [0.29, 0.717) is 6.54 Å². The molecule has 4 nitrogen and oxygen atoms in total. The maximum absolute atomic E-state index is 13.2. The van der Waals surface area contributed by atoms with E-state index in [9.17, 15) is 4.79 Å². The van der Waals surface area contributed by atoms with Crippen LogP contribution < -0.4 is 0 Å². The van der Waals surface area contributed by atoms with Crippen molar-refractivity contribution < 1.29 is 4.79 Å². The van der Waals surface area contributed by atoms with Crippen LogP contribution in [-0.2, 0) is 17.8 Å². The number of hydrogen-bond acceptors (Lipinski definition) is 5. The largest absolute Gasteiger partial charge is 0.337 e. The van der Waals surface area contributed by atoms with Gasteiger partial charge in [0.1, 0.15) is 16.2 Å². The lowest BCUT2D eigenvalue weighted by Crippen LogP contribution is -2.40. The second-order valence-electron chi connectivity index (χ2n) is 7.41. The molecule has 0 fully saturated rings. The van der Waals surface area contributed by atoms with Crippen molar-refractivity contribution in [3.63, 3.8) is 0 Å². The monoisotopic (exact) mass is 431 g/mol. The third-order valence-electron chi connectivity index (χ3n) is 5.50. The molecule has 1 amide bonds. The molecule has 0 saturated carbocycles. The number of thiophene rings is 1. The second kappa shape index (κ2) is 8.20. The fourth-order valence-electron chi connectivity index (χ4n) is 3.93. The van der Waals surface area contributed by atoms with Crippen LogP contribution in [0, 0.1) is 0 Å². The van der Waals surface area contributed by atoms with Crippen LogP contribution >= 0.6 is 23.1 Å². The lowest BCUT2D eigenvalue weighted by atomic mass is 10.00. The summed E-state index contributed by atoms with van der Waals surface area (Å²) in [5.41, 5.74) is 4.88. The number of aromatic nitrogens is 2. The topological polar surface area (TPSA) is 46.1 Å². The van der Waals surface area contributed by atoms with Crippen LogP contribution in [-0.4, -0.2) is 32.6 Å². The molecule has 3 heterocycles. The van der Waals surface area contributed by atoms with Gasteiger partial charge in [0.2, 0.25) is 5.91 Å². The molecule has 30 heavy (non-hydrogen) atoms. The van der Waals surface area contributed by atoms with Gasteiger partial charge in [-0.1, -0.05) is 66.4 Å². The minimum absolute atomic E-state index is 0.165. The molecule has 0 unspecified atom stereocenters. The first-order valence-corrected chi connectivity index (χ1v) is 11.8. The molecule has 1 aliphatic heterocycles. The Labute approximate surface area is 184 Å². The molecule has 2 aromatic carbocycles. The van der Waals surface area contributed by atoms with Crippen LogP contribution in [0.3, 0.4) is 0 Å². The summed E-state index contributed by atoms with van der Waals surface area (Å²) in [7, 11) is 0.